The Morgan fingerprint density at radius 2 is 2.00 bits per heavy atom. The van der Waals surface area contributed by atoms with Crippen molar-refractivity contribution in [1.82, 2.24) is 4.98 Å². The second-order valence-corrected chi connectivity index (χ2v) is 5.12. The summed E-state index contributed by atoms with van der Waals surface area (Å²) >= 11 is 0.818. The third-order valence-corrected chi connectivity index (χ3v) is 3.52. The van der Waals surface area contributed by atoms with Crippen molar-refractivity contribution >= 4 is 17.3 Å². The van der Waals surface area contributed by atoms with Gasteiger partial charge in [-0.1, -0.05) is 0 Å². The highest BCUT2D eigenvalue weighted by atomic mass is 32.1. The Morgan fingerprint density at radius 1 is 1.35 bits per heavy atom. The van der Waals surface area contributed by atoms with Crippen molar-refractivity contribution in [2.75, 3.05) is 0 Å². The molecular formula is C12H7F4NO2S. The van der Waals surface area contributed by atoms with Gasteiger partial charge >= 0.3 is 12.1 Å². The van der Waals surface area contributed by atoms with E-state index in [1.54, 1.807) is 0 Å². The number of rotatable bonds is 2. The number of benzene rings is 1. The lowest BCUT2D eigenvalue weighted by Gasteiger charge is -2.10. The fraction of sp³-hybridized carbons (Fsp3) is 0.167. The van der Waals surface area contributed by atoms with Gasteiger partial charge < -0.3 is 5.11 Å². The minimum absolute atomic E-state index is 0.104. The molecule has 0 radical (unpaired) electrons. The van der Waals surface area contributed by atoms with Crippen molar-refractivity contribution < 1.29 is 27.5 Å². The summed E-state index contributed by atoms with van der Waals surface area (Å²) in [5, 5.41) is 8.76. The summed E-state index contributed by atoms with van der Waals surface area (Å²) in [6.45, 7) is 1.45. The fourth-order valence-corrected chi connectivity index (χ4v) is 2.59. The van der Waals surface area contributed by atoms with Crippen LogP contribution in [0.5, 0.6) is 0 Å². The summed E-state index contributed by atoms with van der Waals surface area (Å²) in [7, 11) is 0. The minimum Gasteiger partial charge on any atom is -0.476 e. The summed E-state index contributed by atoms with van der Waals surface area (Å²) in [5.41, 5.74) is -1.81. The molecule has 3 nitrogen and oxygen atoms in total. The maximum atomic E-state index is 13.0. The first-order valence-corrected chi connectivity index (χ1v) is 6.09. The first-order valence-electron chi connectivity index (χ1n) is 5.28. The van der Waals surface area contributed by atoms with Crippen LogP contribution in [0.2, 0.25) is 0 Å². The molecule has 0 aliphatic carbocycles. The van der Waals surface area contributed by atoms with Gasteiger partial charge in [-0.05, 0) is 25.1 Å². The number of aromatic nitrogens is 1. The molecule has 2 rings (SSSR count). The second kappa shape index (κ2) is 4.86. The van der Waals surface area contributed by atoms with E-state index in [1.807, 2.05) is 0 Å². The number of aromatic carboxylic acids is 1. The van der Waals surface area contributed by atoms with E-state index in [2.05, 4.69) is 4.98 Å². The van der Waals surface area contributed by atoms with Gasteiger partial charge in [0, 0.05) is 10.4 Å². The van der Waals surface area contributed by atoms with Crippen LogP contribution in [-0.2, 0) is 6.18 Å². The number of nitrogens with zero attached hydrogens (tertiary/aromatic N) is 1. The lowest BCUT2D eigenvalue weighted by molar-refractivity contribution is -0.137. The monoisotopic (exact) mass is 305 g/mol. The van der Waals surface area contributed by atoms with E-state index in [-0.39, 0.29) is 21.1 Å². The Kier molecular flexibility index (Phi) is 3.51. The molecule has 2 aromatic rings. The van der Waals surface area contributed by atoms with Gasteiger partial charge in [0.15, 0.2) is 5.69 Å². The molecule has 0 unspecified atom stereocenters. The molecule has 20 heavy (non-hydrogen) atoms. The lowest BCUT2D eigenvalue weighted by Crippen LogP contribution is -2.08. The number of carbonyl (C=O) groups is 1. The average molecular weight is 305 g/mol. The summed E-state index contributed by atoms with van der Waals surface area (Å²) in [6, 6.07) is 2.19. The number of alkyl halides is 3. The lowest BCUT2D eigenvalue weighted by atomic mass is 10.1. The number of thiazole rings is 1. The van der Waals surface area contributed by atoms with Gasteiger partial charge in [-0.2, -0.15) is 13.2 Å². The molecular weight excluding hydrogens is 298 g/mol. The molecule has 8 heteroatoms. The molecule has 1 aromatic carbocycles. The summed E-state index contributed by atoms with van der Waals surface area (Å²) in [4.78, 5) is 14.8. The number of carboxylic acid groups (broad SMARTS) is 1. The predicted octanol–water partition coefficient (Wildman–Crippen LogP) is 3.97. The molecule has 1 heterocycles. The van der Waals surface area contributed by atoms with Gasteiger partial charge in [0.2, 0.25) is 0 Å². The molecule has 1 N–H and O–H groups in total. The number of aryl methyl sites for hydroxylation is 1. The van der Waals surface area contributed by atoms with Gasteiger partial charge in [0.25, 0.3) is 0 Å². The third-order valence-electron chi connectivity index (χ3n) is 2.52. The van der Waals surface area contributed by atoms with E-state index in [4.69, 9.17) is 5.11 Å². The number of hydrogen-bond acceptors (Lipinski definition) is 3. The fourth-order valence-electron chi connectivity index (χ4n) is 1.65. The summed E-state index contributed by atoms with van der Waals surface area (Å²) in [6.07, 6.45) is -4.75. The van der Waals surface area contributed by atoms with E-state index < -0.39 is 23.5 Å². The van der Waals surface area contributed by atoms with Crippen molar-refractivity contribution in [2.45, 2.75) is 13.1 Å². The molecule has 0 amide bonds. The largest absolute Gasteiger partial charge is 0.476 e. The van der Waals surface area contributed by atoms with E-state index in [0.29, 0.717) is 6.07 Å². The van der Waals surface area contributed by atoms with Crippen LogP contribution in [0.25, 0.3) is 10.6 Å². The minimum atomic E-state index is -4.75. The molecule has 0 fully saturated rings. The smallest absolute Gasteiger partial charge is 0.417 e. The van der Waals surface area contributed by atoms with Crippen molar-refractivity contribution in [3.05, 3.63) is 40.2 Å². The van der Waals surface area contributed by atoms with Crippen LogP contribution in [0, 0.1) is 12.7 Å². The van der Waals surface area contributed by atoms with Crippen LogP contribution in [0.4, 0.5) is 17.6 Å². The van der Waals surface area contributed by atoms with Crippen LogP contribution in [-0.4, -0.2) is 16.1 Å². The molecule has 0 spiro atoms. The van der Waals surface area contributed by atoms with Crippen LogP contribution >= 0.6 is 11.3 Å². The molecule has 0 aliphatic heterocycles. The average Bonchev–Trinajstić information content (AvgIpc) is 2.70. The summed E-state index contributed by atoms with van der Waals surface area (Å²) < 4.78 is 51.6. The first kappa shape index (κ1) is 14.4. The SMILES string of the molecule is Cc1sc(-c2ccc(F)cc2C(F)(F)F)nc1C(=O)O. The highest BCUT2D eigenvalue weighted by molar-refractivity contribution is 7.15. The predicted molar refractivity (Wildman–Crippen MR) is 64.2 cm³/mol. The van der Waals surface area contributed by atoms with E-state index >= 15 is 0 Å². The standard InChI is InChI=1S/C12H7F4NO2S/c1-5-9(11(18)19)17-10(20-5)7-3-2-6(13)4-8(7)12(14,15)16/h2-4H,1H3,(H,18,19). The van der Waals surface area contributed by atoms with Crippen LogP contribution in [0.1, 0.15) is 20.9 Å². The second-order valence-electron chi connectivity index (χ2n) is 3.92. The van der Waals surface area contributed by atoms with Crippen molar-refractivity contribution in [3.8, 4) is 10.6 Å². The molecule has 0 atom stereocenters. The number of carboxylic acids is 1. The van der Waals surface area contributed by atoms with E-state index in [9.17, 15) is 22.4 Å². The molecule has 1 aromatic heterocycles. The van der Waals surface area contributed by atoms with Gasteiger partial charge in [-0.3, -0.25) is 0 Å². The number of hydrogen-bond donors (Lipinski definition) is 1. The topological polar surface area (TPSA) is 50.2 Å². The highest BCUT2D eigenvalue weighted by Crippen LogP contribution is 2.39. The van der Waals surface area contributed by atoms with Crippen LogP contribution in [0.15, 0.2) is 18.2 Å². The Hall–Kier alpha value is -1.96. The molecule has 0 saturated carbocycles. The third kappa shape index (κ3) is 2.64. The quantitative estimate of drug-likeness (QED) is 0.854. The first-order chi connectivity index (χ1) is 9.20. The van der Waals surface area contributed by atoms with E-state index in [0.717, 1.165) is 23.5 Å². The normalized spacial score (nSPS) is 11.7. The van der Waals surface area contributed by atoms with Crippen molar-refractivity contribution in [2.24, 2.45) is 0 Å². The van der Waals surface area contributed by atoms with Crippen LogP contribution < -0.4 is 0 Å². The van der Waals surface area contributed by atoms with E-state index in [1.165, 1.54) is 6.92 Å². The number of halogens is 4. The van der Waals surface area contributed by atoms with Gasteiger partial charge in [-0.15, -0.1) is 11.3 Å². The van der Waals surface area contributed by atoms with Gasteiger partial charge in [0.05, 0.1) is 5.56 Å². The zero-order valence-electron chi connectivity index (χ0n) is 9.95. The van der Waals surface area contributed by atoms with Gasteiger partial charge in [0.1, 0.15) is 10.8 Å². The molecule has 106 valence electrons. The maximum Gasteiger partial charge on any atom is 0.417 e. The zero-order valence-corrected chi connectivity index (χ0v) is 10.8. The van der Waals surface area contributed by atoms with Crippen molar-refractivity contribution in [1.29, 1.82) is 0 Å². The van der Waals surface area contributed by atoms with Gasteiger partial charge in [-0.25, -0.2) is 14.2 Å². The summed E-state index contributed by atoms with van der Waals surface area (Å²) in [5.74, 6) is -2.34. The Bertz CT molecular complexity index is 679. The van der Waals surface area contributed by atoms with Crippen molar-refractivity contribution in [3.63, 3.8) is 0 Å². The maximum absolute atomic E-state index is 13.0. The Morgan fingerprint density at radius 3 is 2.50 bits per heavy atom. The zero-order chi connectivity index (χ0) is 15.1. The molecule has 0 saturated heterocycles. The van der Waals surface area contributed by atoms with Crippen LogP contribution in [0.3, 0.4) is 0 Å². The highest BCUT2D eigenvalue weighted by Gasteiger charge is 2.35. The Balaban J connectivity index is 2.64. The molecule has 0 aliphatic rings. The Labute approximate surface area is 114 Å². The molecule has 0 bridgehead atoms.